The lowest BCUT2D eigenvalue weighted by molar-refractivity contribution is -0.116. The van der Waals surface area contributed by atoms with Crippen LogP contribution in [0.3, 0.4) is 0 Å². The Hall–Kier alpha value is -1.58. The molecule has 1 aromatic rings. The molecule has 28 heavy (non-hydrogen) atoms. The second-order valence-electron chi connectivity index (χ2n) is 8.47. The van der Waals surface area contributed by atoms with Gasteiger partial charge in [0.1, 0.15) is 0 Å². The molecule has 0 saturated heterocycles. The Morgan fingerprint density at radius 2 is 2.00 bits per heavy atom. The second-order valence-corrected chi connectivity index (χ2v) is 8.47. The van der Waals surface area contributed by atoms with Gasteiger partial charge in [-0.3, -0.25) is 10.1 Å². The summed E-state index contributed by atoms with van der Waals surface area (Å²) < 4.78 is 5.01. The molecule has 1 N–H and O–H groups in total. The summed E-state index contributed by atoms with van der Waals surface area (Å²) in [5.74, 6) is 2.19. The van der Waals surface area contributed by atoms with Gasteiger partial charge in [0.25, 0.3) is 0 Å². The minimum Gasteiger partial charge on any atom is -0.338 e. The number of anilines is 1. The average Bonchev–Trinajstić information content (AvgIpc) is 3.29. The van der Waals surface area contributed by atoms with E-state index in [1.165, 1.54) is 70.6 Å². The van der Waals surface area contributed by atoms with Crippen molar-refractivity contribution in [3.8, 4) is 0 Å². The van der Waals surface area contributed by atoms with Gasteiger partial charge in [0.05, 0.1) is 5.69 Å². The predicted octanol–water partition coefficient (Wildman–Crippen LogP) is 7.21. The third-order valence-electron chi connectivity index (χ3n) is 5.94. The number of nitrogens with one attached hydrogen (secondary N) is 1. The molecule has 4 nitrogen and oxygen atoms in total. The van der Waals surface area contributed by atoms with Crippen molar-refractivity contribution in [3.05, 3.63) is 23.9 Å². The molecule has 0 aromatic carbocycles. The number of hydrogen-bond acceptors (Lipinski definition) is 3. The largest absolute Gasteiger partial charge is 0.338 e. The van der Waals surface area contributed by atoms with E-state index in [9.17, 15) is 4.79 Å². The van der Waals surface area contributed by atoms with Crippen LogP contribution >= 0.6 is 0 Å². The number of aromatic nitrogens is 1. The summed E-state index contributed by atoms with van der Waals surface area (Å²) >= 11 is 0. The van der Waals surface area contributed by atoms with Crippen molar-refractivity contribution in [2.24, 2.45) is 11.8 Å². The van der Waals surface area contributed by atoms with Crippen molar-refractivity contribution in [3.63, 3.8) is 0 Å². The van der Waals surface area contributed by atoms with E-state index in [0.717, 1.165) is 30.4 Å². The Kier molecular flexibility index (Phi) is 11.0. The molecule has 1 amide bonds. The van der Waals surface area contributed by atoms with E-state index in [4.69, 9.17) is 4.52 Å². The number of rotatable bonds is 14. The van der Waals surface area contributed by atoms with Crippen LogP contribution < -0.4 is 5.32 Å². The van der Waals surface area contributed by atoms with Crippen LogP contribution in [0.4, 0.5) is 5.88 Å². The van der Waals surface area contributed by atoms with Gasteiger partial charge in [-0.2, -0.15) is 0 Å². The van der Waals surface area contributed by atoms with Crippen molar-refractivity contribution in [2.75, 3.05) is 5.32 Å². The summed E-state index contributed by atoms with van der Waals surface area (Å²) in [5, 5.41) is 6.54. The molecule has 0 radical (unpaired) electrons. The SMILES string of the molecule is CCCCCC/C=C/C1CCCC1CCCCCCC(=O)Nc1cc(C)no1. The fourth-order valence-electron chi connectivity index (χ4n) is 4.31. The molecule has 4 heteroatoms. The van der Waals surface area contributed by atoms with Gasteiger partial charge < -0.3 is 4.52 Å². The Bertz CT molecular complexity index is 579. The zero-order chi connectivity index (χ0) is 20.0. The highest BCUT2D eigenvalue weighted by molar-refractivity contribution is 5.89. The standard InChI is InChI=1S/C24H40N2O2/c1-3-4-5-6-7-10-14-21-16-13-17-22(21)15-11-8-9-12-18-23(27)25-24-19-20(2)26-28-24/h10,14,19,21-22H,3-9,11-13,15-18H2,1-2H3,(H,25,27)/b14-10+. The van der Waals surface area contributed by atoms with Crippen molar-refractivity contribution >= 4 is 11.8 Å². The van der Waals surface area contributed by atoms with Gasteiger partial charge in [-0.25, -0.2) is 0 Å². The Labute approximate surface area is 171 Å². The molecule has 0 aliphatic heterocycles. The number of nitrogens with zero attached hydrogens (tertiary/aromatic N) is 1. The molecule has 1 saturated carbocycles. The molecule has 158 valence electrons. The van der Waals surface area contributed by atoms with Crippen LogP contribution in [-0.2, 0) is 4.79 Å². The van der Waals surface area contributed by atoms with Crippen molar-refractivity contribution in [2.45, 2.75) is 104 Å². The van der Waals surface area contributed by atoms with Crippen LogP contribution in [0.1, 0.15) is 103 Å². The van der Waals surface area contributed by atoms with Gasteiger partial charge in [-0.1, -0.05) is 69.2 Å². The first kappa shape index (κ1) is 22.7. The van der Waals surface area contributed by atoms with E-state index < -0.39 is 0 Å². The Balaban J connectivity index is 1.50. The number of allylic oxidation sites excluding steroid dienone is 2. The van der Waals surface area contributed by atoms with Crippen LogP contribution in [0.15, 0.2) is 22.7 Å². The van der Waals surface area contributed by atoms with E-state index in [1.807, 2.05) is 6.92 Å². The molecular formula is C24H40N2O2. The molecule has 1 fully saturated rings. The van der Waals surface area contributed by atoms with Crippen molar-refractivity contribution in [1.29, 1.82) is 0 Å². The fraction of sp³-hybridized carbons (Fsp3) is 0.750. The number of carbonyl (C=O) groups excluding carboxylic acids is 1. The lowest BCUT2D eigenvalue weighted by Gasteiger charge is -2.16. The van der Waals surface area contributed by atoms with Crippen LogP contribution in [0.25, 0.3) is 0 Å². The summed E-state index contributed by atoms with van der Waals surface area (Å²) in [7, 11) is 0. The average molecular weight is 389 g/mol. The molecule has 1 heterocycles. The van der Waals surface area contributed by atoms with Gasteiger partial charge in [-0.05, 0) is 57.3 Å². The van der Waals surface area contributed by atoms with Gasteiger partial charge in [0.15, 0.2) is 0 Å². The molecule has 2 atom stereocenters. The van der Waals surface area contributed by atoms with E-state index in [0.29, 0.717) is 12.3 Å². The maximum absolute atomic E-state index is 11.9. The van der Waals surface area contributed by atoms with E-state index in [-0.39, 0.29) is 5.91 Å². The minimum atomic E-state index is 0.0241. The highest BCUT2D eigenvalue weighted by Crippen LogP contribution is 2.36. The van der Waals surface area contributed by atoms with Gasteiger partial charge >= 0.3 is 0 Å². The van der Waals surface area contributed by atoms with Gasteiger partial charge in [0.2, 0.25) is 11.8 Å². The lowest BCUT2D eigenvalue weighted by atomic mass is 9.90. The molecule has 1 aromatic heterocycles. The highest BCUT2D eigenvalue weighted by atomic mass is 16.5. The van der Waals surface area contributed by atoms with Crippen LogP contribution in [0.2, 0.25) is 0 Å². The zero-order valence-electron chi connectivity index (χ0n) is 18.0. The normalized spacial score (nSPS) is 19.5. The molecule has 1 aliphatic carbocycles. The number of carbonyl (C=O) groups is 1. The van der Waals surface area contributed by atoms with Crippen LogP contribution in [0.5, 0.6) is 0 Å². The summed E-state index contributed by atoms with van der Waals surface area (Å²) in [4.78, 5) is 11.9. The molecule has 0 spiro atoms. The molecule has 1 aliphatic rings. The van der Waals surface area contributed by atoms with Crippen molar-refractivity contribution in [1.82, 2.24) is 5.16 Å². The predicted molar refractivity (Wildman–Crippen MR) is 116 cm³/mol. The molecule has 2 rings (SSSR count). The molecular weight excluding hydrogens is 348 g/mol. The van der Waals surface area contributed by atoms with Gasteiger partial charge in [0, 0.05) is 12.5 Å². The Morgan fingerprint density at radius 1 is 1.18 bits per heavy atom. The number of amides is 1. The third kappa shape index (κ3) is 9.07. The maximum atomic E-state index is 11.9. The fourth-order valence-corrected chi connectivity index (χ4v) is 4.31. The lowest BCUT2D eigenvalue weighted by Crippen LogP contribution is -2.10. The summed E-state index contributed by atoms with van der Waals surface area (Å²) in [5.41, 5.74) is 0.784. The van der Waals surface area contributed by atoms with Crippen LogP contribution in [-0.4, -0.2) is 11.1 Å². The van der Waals surface area contributed by atoms with E-state index >= 15 is 0 Å². The second kappa shape index (κ2) is 13.6. The zero-order valence-corrected chi connectivity index (χ0v) is 18.0. The highest BCUT2D eigenvalue weighted by Gasteiger charge is 2.24. The van der Waals surface area contributed by atoms with E-state index in [1.54, 1.807) is 6.07 Å². The first-order valence-corrected chi connectivity index (χ1v) is 11.6. The Morgan fingerprint density at radius 3 is 2.79 bits per heavy atom. The number of unbranched alkanes of at least 4 members (excludes halogenated alkanes) is 7. The van der Waals surface area contributed by atoms with Crippen molar-refractivity contribution < 1.29 is 9.32 Å². The summed E-state index contributed by atoms with van der Waals surface area (Å²) in [6, 6.07) is 1.75. The first-order chi connectivity index (χ1) is 13.7. The third-order valence-corrected chi connectivity index (χ3v) is 5.94. The van der Waals surface area contributed by atoms with Crippen LogP contribution in [0, 0.1) is 18.8 Å². The first-order valence-electron chi connectivity index (χ1n) is 11.6. The molecule has 2 unspecified atom stereocenters. The minimum absolute atomic E-state index is 0.0241. The number of hydrogen-bond donors (Lipinski definition) is 1. The maximum Gasteiger partial charge on any atom is 0.231 e. The van der Waals surface area contributed by atoms with E-state index in [2.05, 4.69) is 29.5 Å². The topological polar surface area (TPSA) is 55.1 Å². The smallest absolute Gasteiger partial charge is 0.231 e. The summed E-state index contributed by atoms with van der Waals surface area (Å²) in [6.45, 7) is 4.12. The number of aryl methyl sites for hydroxylation is 1. The monoisotopic (exact) mass is 388 g/mol. The summed E-state index contributed by atoms with van der Waals surface area (Å²) in [6.07, 6.45) is 22.4. The molecule has 0 bridgehead atoms. The quantitative estimate of drug-likeness (QED) is 0.271. The van der Waals surface area contributed by atoms with Gasteiger partial charge in [-0.15, -0.1) is 0 Å².